The van der Waals surface area contributed by atoms with E-state index < -0.39 is 24.3 Å². The van der Waals surface area contributed by atoms with Gasteiger partial charge in [-0.15, -0.1) is 0 Å². The molecule has 100 valence electrons. The summed E-state index contributed by atoms with van der Waals surface area (Å²) in [6, 6.07) is 2.66. The number of carbonyl (C=O) groups excluding carboxylic acids is 1. The van der Waals surface area contributed by atoms with Crippen molar-refractivity contribution in [2.45, 2.75) is 12.5 Å². The van der Waals surface area contributed by atoms with Crippen LogP contribution >= 0.6 is 0 Å². The van der Waals surface area contributed by atoms with E-state index in [9.17, 15) is 13.6 Å². The summed E-state index contributed by atoms with van der Waals surface area (Å²) in [7, 11) is 1.54. The van der Waals surface area contributed by atoms with Crippen molar-refractivity contribution in [1.29, 1.82) is 0 Å². The van der Waals surface area contributed by atoms with E-state index in [2.05, 4.69) is 0 Å². The molecule has 0 spiro atoms. The fraction of sp³-hybridized carbons (Fsp3) is 0.417. The lowest BCUT2D eigenvalue weighted by atomic mass is 10.1. The lowest BCUT2D eigenvalue weighted by Gasteiger charge is -2.20. The molecule has 3 N–H and O–H groups in total. The smallest absolute Gasteiger partial charge is 0.241 e. The number of hydrogen-bond donors (Lipinski definition) is 2. The average Bonchev–Trinajstić information content (AvgIpc) is 2.37. The van der Waals surface area contributed by atoms with Crippen LogP contribution in [0.4, 0.5) is 8.78 Å². The zero-order chi connectivity index (χ0) is 13.7. The molecule has 0 fully saturated rings. The highest BCUT2D eigenvalue weighted by molar-refractivity contribution is 5.81. The van der Waals surface area contributed by atoms with E-state index in [1.165, 1.54) is 18.0 Å². The van der Waals surface area contributed by atoms with Crippen LogP contribution in [0.2, 0.25) is 0 Å². The topological polar surface area (TPSA) is 66.6 Å². The van der Waals surface area contributed by atoms with Crippen molar-refractivity contribution >= 4 is 5.91 Å². The molecule has 0 aliphatic rings. The minimum absolute atomic E-state index is 0.317. The van der Waals surface area contributed by atoms with Gasteiger partial charge < -0.3 is 15.7 Å². The van der Waals surface area contributed by atoms with Gasteiger partial charge in [-0.25, -0.2) is 8.78 Å². The normalized spacial score (nSPS) is 12.3. The number of nitrogens with two attached hydrogens (primary N) is 1. The molecule has 18 heavy (non-hydrogen) atoms. The Morgan fingerprint density at radius 2 is 2.11 bits per heavy atom. The summed E-state index contributed by atoms with van der Waals surface area (Å²) in [6.07, 6.45) is 0.386. The molecule has 1 atom stereocenters. The summed E-state index contributed by atoms with van der Waals surface area (Å²) in [5.74, 6) is -2.20. The molecular weight excluding hydrogens is 242 g/mol. The number of benzene rings is 1. The molecule has 0 heterocycles. The molecule has 0 aliphatic heterocycles. The predicted molar refractivity (Wildman–Crippen MR) is 62.8 cm³/mol. The van der Waals surface area contributed by atoms with E-state index in [0.717, 1.165) is 12.1 Å². The molecule has 0 radical (unpaired) electrons. The van der Waals surface area contributed by atoms with Gasteiger partial charge in [0.25, 0.3) is 0 Å². The highest BCUT2D eigenvalue weighted by Gasteiger charge is 2.16. The second-order valence-electron chi connectivity index (χ2n) is 4.05. The van der Waals surface area contributed by atoms with Gasteiger partial charge in [-0.2, -0.15) is 0 Å². The fourth-order valence-electron chi connectivity index (χ4n) is 1.46. The SMILES string of the molecule is CN(CCc1ccc(F)c(F)c1)C(=O)C(N)CO. The maximum atomic E-state index is 12.9. The molecule has 4 nitrogen and oxygen atoms in total. The van der Waals surface area contributed by atoms with Crippen molar-refractivity contribution in [3.63, 3.8) is 0 Å². The third-order valence-electron chi connectivity index (χ3n) is 2.61. The molecule has 1 unspecified atom stereocenters. The van der Waals surface area contributed by atoms with Gasteiger partial charge in [-0.1, -0.05) is 6.07 Å². The fourth-order valence-corrected chi connectivity index (χ4v) is 1.46. The van der Waals surface area contributed by atoms with Crippen LogP contribution in [0.1, 0.15) is 5.56 Å². The number of hydrogen-bond acceptors (Lipinski definition) is 3. The van der Waals surface area contributed by atoms with Gasteiger partial charge in [-0.05, 0) is 24.1 Å². The number of nitrogens with zero attached hydrogens (tertiary/aromatic N) is 1. The second kappa shape index (κ2) is 6.42. The van der Waals surface area contributed by atoms with Crippen LogP contribution < -0.4 is 5.73 Å². The number of rotatable bonds is 5. The van der Waals surface area contributed by atoms with Gasteiger partial charge in [0.2, 0.25) is 5.91 Å². The van der Waals surface area contributed by atoms with Crippen molar-refractivity contribution in [2.75, 3.05) is 20.2 Å². The van der Waals surface area contributed by atoms with Gasteiger partial charge in [-0.3, -0.25) is 4.79 Å². The molecule has 1 amide bonds. The maximum Gasteiger partial charge on any atom is 0.241 e. The standard InChI is InChI=1S/C12H16F2N2O2/c1-16(12(18)11(15)7-17)5-4-8-2-3-9(13)10(14)6-8/h2-3,6,11,17H,4-5,7,15H2,1H3. The van der Waals surface area contributed by atoms with Crippen molar-refractivity contribution in [3.8, 4) is 0 Å². The summed E-state index contributed by atoms with van der Waals surface area (Å²) in [6.45, 7) is -0.105. The van der Waals surface area contributed by atoms with E-state index >= 15 is 0 Å². The first kappa shape index (κ1) is 14.5. The molecule has 0 saturated carbocycles. The number of aliphatic hydroxyl groups is 1. The first-order valence-corrected chi connectivity index (χ1v) is 5.51. The van der Waals surface area contributed by atoms with Gasteiger partial charge in [0.05, 0.1) is 6.61 Å². The first-order valence-electron chi connectivity index (χ1n) is 5.51. The summed E-state index contributed by atoms with van der Waals surface area (Å²) in [5.41, 5.74) is 5.97. The van der Waals surface area contributed by atoms with E-state index in [1.54, 1.807) is 0 Å². The van der Waals surface area contributed by atoms with Crippen LogP contribution in [-0.2, 0) is 11.2 Å². The molecule has 0 aromatic heterocycles. The molecule has 1 rings (SSSR count). The molecule has 6 heteroatoms. The molecule has 1 aromatic rings. The van der Waals surface area contributed by atoms with E-state index in [0.29, 0.717) is 18.5 Å². The average molecular weight is 258 g/mol. The highest BCUT2D eigenvalue weighted by Crippen LogP contribution is 2.09. The summed E-state index contributed by atoms with van der Waals surface area (Å²) in [4.78, 5) is 12.9. The van der Waals surface area contributed by atoms with Crippen LogP contribution in [-0.4, -0.2) is 42.2 Å². The lowest BCUT2D eigenvalue weighted by molar-refractivity contribution is -0.132. The van der Waals surface area contributed by atoms with Gasteiger partial charge in [0, 0.05) is 13.6 Å². The Morgan fingerprint density at radius 1 is 1.44 bits per heavy atom. The quantitative estimate of drug-likeness (QED) is 0.797. The Balaban J connectivity index is 2.54. The Labute approximate surface area is 104 Å². The molecule has 0 aliphatic carbocycles. The first-order chi connectivity index (χ1) is 8.45. The van der Waals surface area contributed by atoms with Gasteiger partial charge >= 0.3 is 0 Å². The lowest BCUT2D eigenvalue weighted by Crippen LogP contribution is -2.44. The van der Waals surface area contributed by atoms with Gasteiger partial charge in [0.1, 0.15) is 6.04 Å². The summed E-state index contributed by atoms with van der Waals surface area (Å²) >= 11 is 0. The minimum atomic E-state index is -0.944. The molecule has 0 bridgehead atoms. The van der Waals surface area contributed by atoms with Crippen LogP contribution in [0.25, 0.3) is 0 Å². The van der Waals surface area contributed by atoms with E-state index in [4.69, 9.17) is 10.8 Å². The Kier molecular flexibility index (Phi) is 5.18. The second-order valence-corrected chi connectivity index (χ2v) is 4.05. The molecular formula is C12H16F2N2O2. The number of aliphatic hydroxyl groups excluding tert-OH is 1. The summed E-state index contributed by atoms with van der Waals surface area (Å²) < 4.78 is 25.6. The number of halogens is 2. The van der Waals surface area contributed by atoms with E-state index in [-0.39, 0.29) is 5.91 Å². The van der Waals surface area contributed by atoms with Crippen LogP contribution in [0.15, 0.2) is 18.2 Å². The van der Waals surface area contributed by atoms with Crippen LogP contribution in [0, 0.1) is 11.6 Å². The summed E-state index contributed by atoms with van der Waals surface area (Å²) in [5, 5.41) is 8.74. The number of likely N-dealkylation sites (N-methyl/N-ethyl adjacent to an activating group) is 1. The maximum absolute atomic E-state index is 12.9. The Bertz CT molecular complexity index is 427. The van der Waals surface area contributed by atoms with Crippen molar-refractivity contribution in [1.82, 2.24) is 4.90 Å². The van der Waals surface area contributed by atoms with Crippen molar-refractivity contribution in [3.05, 3.63) is 35.4 Å². The van der Waals surface area contributed by atoms with Crippen LogP contribution in [0.5, 0.6) is 0 Å². The minimum Gasteiger partial charge on any atom is -0.394 e. The van der Waals surface area contributed by atoms with Crippen LogP contribution in [0.3, 0.4) is 0 Å². The monoisotopic (exact) mass is 258 g/mol. The Hall–Kier alpha value is -1.53. The number of amides is 1. The molecule has 1 aromatic carbocycles. The number of carbonyl (C=O) groups is 1. The zero-order valence-electron chi connectivity index (χ0n) is 10.1. The largest absolute Gasteiger partial charge is 0.394 e. The molecule has 0 saturated heterocycles. The predicted octanol–water partition coefficient (Wildman–Crippen LogP) is 0.285. The third-order valence-corrected chi connectivity index (χ3v) is 2.61. The zero-order valence-corrected chi connectivity index (χ0v) is 10.1. The van der Waals surface area contributed by atoms with Gasteiger partial charge in [0.15, 0.2) is 11.6 Å². The van der Waals surface area contributed by atoms with E-state index in [1.807, 2.05) is 0 Å². The third kappa shape index (κ3) is 3.75. The highest BCUT2D eigenvalue weighted by atomic mass is 19.2. The Morgan fingerprint density at radius 3 is 2.67 bits per heavy atom. The van der Waals surface area contributed by atoms with Crippen molar-refractivity contribution in [2.24, 2.45) is 5.73 Å². The van der Waals surface area contributed by atoms with Crippen molar-refractivity contribution < 1.29 is 18.7 Å².